The Balaban J connectivity index is 1.40. The molecule has 2 aliphatic rings. The molecule has 208 valence electrons. The van der Waals surface area contributed by atoms with Gasteiger partial charge in [0.2, 0.25) is 5.88 Å². The van der Waals surface area contributed by atoms with E-state index in [4.69, 9.17) is 9.72 Å². The molecule has 0 radical (unpaired) electrons. The number of alkyl halides is 3. The number of amides is 1. The van der Waals surface area contributed by atoms with Gasteiger partial charge in [-0.3, -0.25) is 9.52 Å². The number of anilines is 1. The van der Waals surface area contributed by atoms with Crippen molar-refractivity contribution >= 4 is 23.7 Å². The van der Waals surface area contributed by atoms with Gasteiger partial charge >= 0.3 is 6.18 Å². The smallest absolute Gasteiger partial charge is 0.397 e. The molecule has 1 N–H and O–H groups in total. The fourth-order valence-corrected chi connectivity index (χ4v) is 5.60. The number of carbonyl (C=O) groups is 1. The number of hydrogen-bond acceptors (Lipinski definition) is 6. The van der Waals surface area contributed by atoms with Crippen LogP contribution >= 0.6 is 11.9 Å². The molecule has 39 heavy (non-hydrogen) atoms. The first-order chi connectivity index (χ1) is 18.4. The van der Waals surface area contributed by atoms with E-state index in [1.54, 1.807) is 36.5 Å². The number of pyridine rings is 1. The second-order valence-corrected chi connectivity index (χ2v) is 11.8. The molecule has 0 bridgehead atoms. The van der Waals surface area contributed by atoms with Crippen LogP contribution in [0.15, 0.2) is 53.6 Å². The molecule has 1 aromatic carbocycles. The van der Waals surface area contributed by atoms with E-state index >= 15 is 0 Å². The highest BCUT2D eigenvalue weighted by molar-refractivity contribution is 7.98. The van der Waals surface area contributed by atoms with Crippen LogP contribution in [0.3, 0.4) is 0 Å². The largest absolute Gasteiger partial charge is 0.476 e. The number of nitrogens with one attached hydrogen (secondary N) is 1. The van der Waals surface area contributed by atoms with Crippen molar-refractivity contribution < 1.29 is 27.1 Å². The number of aromatic nitrogens is 3. The quantitative estimate of drug-likeness (QED) is 0.260. The topological polar surface area (TPSA) is 72.3 Å². The molecule has 3 aromatic rings. The van der Waals surface area contributed by atoms with Crippen molar-refractivity contribution in [1.29, 1.82) is 0 Å². The van der Waals surface area contributed by atoms with E-state index in [1.165, 1.54) is 16.8 Å². The monoisotopic (exact) mass is 563 g/mol. The summed E-state index contributed by atoms with van der Waals surface area (Å²) in [5, 5.41) is 4.27. The average molecular weight is 564 g/mol. The molecular formula is C27H29F4N5O2S. The van der Waals surface area contributed by atoms with Gasteiger partial charge < -0.3 is 9.64 Å². The Hall–Kier alpha value is -3.28. The van der Waals surface area contributed by atoms with Gasteiger partial charge in [-0.05, 0) is 75.2 Å². The van der Waals surface area contributed by atoms with E-state index in [0.29, 0.717) is 29.7 Å². The number of nitrogens with zero attached hydrogens (tertiary/aromatic N) is 4. The van der Waals surface area contributed by atoms with Crippen molar-refractivity contribution in [2.24, 2.45) is 11.3 Å². The normalized spacial score (nSPS) is 19.7. The fraction of sp³-hybridized carbons (Fsp3) is 0.444. The van der Waals surface area contributed by atoms with Gasteiger partial charge in [-0.2, -0.15) is 13.2 Å². The summed E-state index contributed by atoms with van der Waals surface area (Å²) in [6, 6.07) is 10.9. The third-order valence-electron chi connectivity index (χ3n) is 7.27. The molecule has 7 nitrogen and oxygen atoms in total. The van der Waals surface area contributed by atoms with Crippen LogP contribution in [0.2, 0.25) is 0 Å². The highest BCUT2D eigenvalue weighted by atomic mass is 32.2. The Kier molecular flexibility index (Phi) is 7.02. The molecule has 0 spiro atoms. The van der Waals surface area contributed by atoms with Crippen LogP contribution in [-0.4, -0.2) is 45.5 Å². The summed E-state index contributed by atoms with van der Waals surface area (Å²) >= 11 is 0.885. The summed E-state index contributed by atoms with van der Waals surface area (Å²) in [5.74, 6) is 0.379. The second-order valence-electron chi connectivity index (χ2n) is 10.9. The standard InChI is InChI=1S/C27H29F4N5O2S/c1-17-14-25(2,3)35(15-17)23-18(24(37)34-39-20-7-5-4-6-19(20)28)8-9-21(32-23)36-13-10-22(33-36)38-16-26(11-12-26)27(29,30)31/h4-10,13,17H,11-12,14-16H2,1-3H3,(H,34,37)/t17-/m0/s1. The summed E-state index contributed by atoms with van der Waals surface area (Å²) in [4.78, 5) is 20.4. The Morgan fingerprint density at radius 3 is 2.56 bits per heavy atom. The van der Waals surface area contributed by atoms with Crippen molar-refractivity contribution in [3.8, 4) is 11.7 Å². The molecule has 1 saturated heterocycles. The SMILES string of the molecule is C[C@@H]1CN(c2nc(-n3ccc(OCC4(C(F)(F)F)CC4)n3)ccc2C(=O)NSc2ccccc2F)C(C)(C)C1. The number of ether oxygens (including phenoxy) is 1. The van der Waals surface area contributed by atoms with Gasteiger partial charge in [-0.1, -0.05) is 19.1 Å². The van der Waals surface area contributed by atoms with E-state index in [0.717, 1.165) is 18.4 Å². The summed E-state index contributed by atoms with van der Waals surface area (Å²) in [7, 11) is 0. The maximum atomic E-state index is 14.1. The molecule has 2 aromatic heterocycles. The Morgan fingerprint density at radius 2 is 1.92 bits per heavy atom. The zero-order valence-electron chi connectivity index (χ0n) is 21.8. The molecule has 5 rings (SSSR count). The predicted molar refractivity (Wildman–Crippen MR) is 140 cm³/mol. The lowest BCUT2D eigenvalue weighted by Crippen LogP contribution is -2.40. The fourth-order valence-electron chi connectivity index (χ4n) is 4.98. The van der Waals surface area contributed by atoms with E-state index < -0.39 is 29.9 Å². The van der Waals surface area contributed by atoms with Gasteiger partial charge in [-0.15, -0.1) is 5.10 Å². The van der Waals surface area contributed by atoms with Crippen molar-refractivity contribution in [3.63, 3.8) is 0 Å². The minimum atomic E-state index is -4.31. The Morgan fingerprint density at radius 1 is 1.18 bits per heavy atom. The molecule has 1 aliphatic carbocycles. The third kappa shape index (κ3) is 5.57. The maximum Gasteiger partial charge on any atom is 0.397 e. The van der Waals surface area contributed by atoms with E-state index in [-0.39, 0.29) is 29.2 Å². The minimum Gasteiger partial charge on any atom is -0.476 e. The lowest BCUT2D eigenvalue weighted by molar-refractivity contribution is -0.194. The minimum absolute atomic E-state index is 0.0465. The van der Waals surface area contributed by atoms with Gasteiger partial charge in [0.15, 0.2) is 5.82 Å². The molecule has 1 atom stereocenters. The molecular weight excluding hydrogens is 534 g/mol. The maximum absolute atomic E-state index is 14.1. The first kappa shape index (κ1) is 27.3. The molecule has 2 fully saturated rings. The zero-order chi connectivity index (χ0) is 28.0. The van der Waals surface area contributed by atoms with Gasteiger partial charge in [0.25, 0.3) is 5.91 Å². The Labute approximate surface area is 228 Å². The van der Waals surface area contributed by atoms with Gasteiger partial charge in [0, 0.05) is 24.3 Å². The number of benzene rings is 1. The van der Waals surface area contributed by atoms with Crippen molar-refractivity contribution in [3.05, 3.63) is 60.0 Å². The average Bonchev–Trinajstić information content (AvgIpc) is 3.45. The van der Waals surface area contributed by atoms with Crippen molar-refractivity contribution in [2.45, 2.75) is 56.6 Å². The van der Waals surface area contributed by atoms with Crippen molar-refractivity contribution in [2.75, 3.05) is 18.1 Å². The number of rotatable bonds is 8. The number of hydrogen-bond donors (Lipinski definition) is 1. The lowest BCUT2D eigenvalue weighted by Gasteiger charge is -2.34. The van der Waals surface area contributed by atoms with Crippen LogP contribution in [0, 0.1) is 17.2 Å². The molecule has 3 heterocycles. The molecule has 12 heteroatoms. The van der Waals surface area contributed by atoms with Gasteiger partial charge in [-0.25, -0.2) is 14.1 Å². The summed E-state index contributed by atoms with van der Waals surface area (Å²) in [5.41, 5.74) is -1.77. The number of carbonyl (C=O) groups excluding carboxylic acids is 1. The first-order valence-electron chi connectivity index (χ1n) is 12.6. The first-order valence-corrected chi connectivity index (χ1v) is 13.5. The molecule has 1 amide bonds. The van der Waals surface area contributed by atoms with Crippen LogP contribution in [0.4, 0.5) is 23.4 Å². The lowest BCUT2D eigenvalue weighted by atomic mass is 9.97. The highest BCUT2D eigenvalue weighted by Gasteiger charge is 2.64. The molecule has 1 aliphatic heterocycles. The van der Waals surface area contributed by atoms with Crippen LogP contribution in [0.5, 0.6) is 5.88 Å². The van der Waals surface area contributed by atoms with E-state index in [1.807, 2.05) is 0 Å². The van der Waals surface area contributed by atoms with Crippen LogP contribution in [0.1, 0.15) is 50.4 Å². The second kappa shape index (κ2) is 10.0. The number of halogens is 4. The Bertz CT molecular complexity index is 1370. The molecule has 1 saturated carbocycles. The van der Waals surface area contributed by atoms with Crippen LogP contribution in [0.25, 0.3) is 5.82 Å². The highest BCUT2D eigenvalue weighted by Crippen LogP contribution is 2.57. The predicted octanol–water partition coefficient (Wildman–Crippen LogP) is 6.19. The van der Waals surface area contributed by atoms with Gasteiger partial charge in [0.1, 0.15) is 23.7 Å². The third-order valence-corrected chi connectivity index (χ3v) is 8.11. The van der Waals surface area contributed by atoms with Crippen molar-refractivity contribution in [1.82, 2.24) is 19.5 Å². The van der Waals surface area contributed by atoms with E-state index in [2.05, 4.69) is 35.5 Å². The summed E-state index contributed by atoms with van der Waals surface area (Å²) in [6.45, 7) is 6.48. The molecule has 0 unspecified atom stereocenters. The summed E-state index contributed by atoms with van der Waals surface area (Å²) in [6.07, 6.45) is -1.77. The van der Waals surface area contributed by atoms with Gasteiger partial charge in [0.05, 0.1) is 10.5 Å². The van der Waals surface area contributed by atoms with E-state index in [9.17, 15) is 22.4 Å². The zero-order valence-corrected chi connectivity index (χ0v) is 22.6. The van der Waals surface area contributed by atoms with Crippen LogP contribution in [-0.2, 0) is 0 Å². The summed E-state index contributed by atoms with van der Waals surface area (Å²) < 4.78 is 63.3. The van der Waals surface area contributed by atoms with Crippen LogP contribution < -0.4 is 14.4 Å².